The van der Waals surface area contributed by atoms with Crippen molar-refractivity contribution in [3.8, 4) is 0 Å². The maximum atomic E-state index is 10.4. The van der Waals surface area contributed by atoms with Gasteiger partial charge in [0.25, 0.3) is 0 Å². The Hall–Kier alpha value is 0.0200. The summed E-state index contributed by atoms with van der Waals surface area (Å²) in [5.74, 6) is 1.02. The van der Waals surface area contributed by atoms with Crippen LogP contribution in [0.4, 0.5) is 0 Å². The van der Waals surface area contributed by atoms with E-state index >= 15 is 0 Å². The van der Waals surface area contributed by atoms with Gasteiger partial charge in [-0.25, -0.2) is 0 Å². The van der Waals surface area contributed by atoms with Crippen molar-refractivity contribution in [3.63, 3.8) is 0 Å². The average molecular weight is 115 g/mol. The van der Waals surface area contributed by atoms with E-state index in [4.69, 9.17) is 0 Å². The standard InChI is InChI=1S/C5H7OS/c6-5-3-1-2-4-7-5/h3H,1-2,4H2. The maximum absolute atomic E-state index is 10.4. The van der Waals surface area contributed by atoms with Crippen LogP contribution in [0.1, 0.15) is 12.8 Å². The molecule has 39 valence electrons. The Morgan fingerprint density at radius 2 is 2.57 bits per heavy atom. The molecule has 0 aromatic rings. The van der Waals surface area contributed by atoms with Crippen molar-refractivity contribution in [2.45, 2.75) is 12.8 Å². The SMILES string of the molecule is O=C1[CH]CCCS1. The molecule has 1 radical (unpaired) electrons. The van der Waals surface area contributed by atoms with E-state index in [1.54, 1.807) is 6.42 Å². The minimum Gasteiger partial charge on any atom is -0.287 e. The highest BCUT2D eigenvalue weighted by atomic mass is 32.2. The molecule has 1 nitrogen and oxygen atoms in total. The molecule has 0 amide bonds. The third-order valence-corrected chi connectivity index (χ3v) is 1.85. The summed E-state index contributed by atoms with van der Waals surface area (Å²) in [5.41, 5.74) is 0. The van der Waals surface area contributed by atoms with Crippen molar-refractivity contribution in [1.29, 1.82) is 0 Å². The van der Waals surface area contributed by atoms with Crippen LogP contribution < -0.4 is 0 Å². The summed E-state index contributed by atoms with van der Waals surface area (Å²) in [6.45, 7) is 0. The number of hydrogen-bond acceptors (Lipinski definition) is 2. The van der Waals surface area contributed by atoms with Crippen LogP contribution in [0.3, 0.4) is 0 Å². The van der Waals surface area contributed by atoms with Gasteiger partial charge in [-0.15, -0.1) is 0 Å². The van der Waals surface area contributed by atoms with E-state index in [0.29, 0.717) is 0 Å². The van der Waals surface area contributed by atoms with E-state index in [2.05, 4.69) is 0 Å². The lowest BCUT2D eigenvalue weighted by Gasteiger charge is -2.04. The monoisotopic (exact) mass is 115 g/mol. The van der Waals surface area contributed by atoms with E-state index in [9.17, 15) is 4.79 Å². The first-order valence-corrected chi connectivity index (χ1v) is 3.38. The fraction of sp³-hybridized carbons (Fsp3) is 0.600. The van der Waals surface area contributed by atoms with Gasteiger partial charge in [0, 0.05) is 12.2 Å². The molecule has 1 saturated heterocycles. The van der Waals surface area contributed by atoms with Gasteiger partial charge in [-0.3, -0.25) is 4.79 Å². The van der Waals surface area contributed by atoms with E-state index in [-0.39, 0.29) is 5.12 Å². The highest BCUT2D eigenvalue weighted by Crippen LogP contribution is 2.16. The molecule has 1 aliphatic heterocycles. The van der Waals surface area contributed by atoms with Crippen molar-refractivity contribution < 1.29 is 4.79 Å². The Kier molecular flexibility index (Phi) is 1.74. The highest BCUT2D eigenvalue weighted by Gasteiger charge is 2.07. The molecule has 0 atom stereocenters. The fourth-order valence-electron chi connectivity index (χ4n) is 0.535. The second-order valence-electron chi connectivity index (χ2n) is 1.51. The average Bonchev–Trinajstić information content (AvgIpc) is 1.69. The van der Waals surface area contributed by atoms with Crippen LogP contribution >= 0.6 is 11.8 Å². The lowest BCUT2D eigenvalue weighted by Crippen LogP contribution is -2.00. The quantitative estimate of drug-likeness (QED) is 0.472. The van der Waals surface area contributed by atoms with Crippen molar-refractivity contribution in [2.75, 3.05) is 5.75 Å². The zero-order valence-electron chi connectivity index (χ0n) is 4.02. The van der Waals surface area contributed by atoms with Crippen LogP contribution in [0.5, 0.6) is 0 Å². The van der Waals surface area contributed by atoms with Crippen molar-refractivity contribution in [2.24, 2.45) is 0 Å². The Morgan fingerprint density at radius 3 is 2.86 bits per heavy atom. The van der Waals surface area contributed by atoms with Gasteiger partial charge in [0.15, 0.2) is 5.12 Å². The van der Waals surface area contributed by atoms with Crippen LogP contribution in [0.25, 0.3) is 0 Å². The Bertz CT molecular complexity index is 72.1. The molecule has 0 bridgehead atoms. The van der Waals surface area contributed by atoms with Crippen LogP contribution in [0, 0.1) is 6.42 Å². The number of carbonyl (C=O) groups excluding carboxylic acids is 1. The molecule has 0 spiro atoms. The van der Waals surface area contributed by atoms with Crippen LogP contribution in [0.2, 0.25) is 0 Å². The molecule has 0 N–H and O–H groups in total. The van der Waals surface area contributed by atoms with Gasteiger partial charge < -0.3 is 0 Å². The molecule has 1 aliphatic rings. The van der Waals surface area contributed by atoms with Crippen molar-refractivity contribution in [3.05, 3.63) is 6.42 Å². The van der Waals surface area contributed by atoms with Crippen LogP contribution in [0.15, 0.2) is 0 Å². The van der Waals surface area contributed by atoms with Crippen molar-refractivity contribution >= 4 is 16.9 Å². The summed E-state index contributed by atoms with van der Waals surface area (Å²) in [6.07, 6.45) is 3.93. The lowest BCUT2D eigenvalue weighted by atomic mass is 10.3. The summed E-state index contributed by atoms with van der Waals surface area (Å²) in [7, 11) is 0. The van der Waals surface area contributed by atoms with Gasteiger partial charge >= 0.3 is 0 Å². The molecule has 0 saturated carbocycles. The molecule has 7 heavy (non-hydrogen) atoms. The molecule has 1 heterocycles. The summed E-state index contributed by atoms with van der Waals surface area (Å²) in [4.78, 5) is 10.4. The molecular formula is C5H7OS. The number of thioether (sulfide) groups is 1. The van der Waals surface area contributed by atoms with Gasteiger partial charge in [0.05, 0.1) is 0 Å². The lowest BCUT2D eigenvalue weighted by molar-refractivity contribution is -0.108. The third-order valence-electron chi connectivity index (χ3n) is 0.904. The molecule has 0 aromatic heterocycles. The largest absolute Gasteiger partial charge is 0.287 e. The number of hydrogen-bond donors (Lipinski definition) is 0. The zero-order chi connectivity index (χ0) is 5.11. The van der Waals surface area contributed by atoms with Gasteiger partial charge in [0.2, 0.25) is 0 Å². The second-order valence-corrected chi connectivity index (χ2v) is 2.61. The van der Waals surface area contributed by atoms with Crippen LogP contribution in [-0.2, 0) is 4.79 Å². The van der Waals surface area contributed by atoms with Gasteiger partial charge in [-0.2, -0.15) is 0 Å². The molecular weight excluding hydrogens is 108 g/mol. The van der Waals surface area contributed by atoms with Gasteiger partial charge in [0.1, 0.15) is 0 Å². The minimum atomic E-state index is 0.256. The Morgan fingerprint density at radius 1 is 1.71 bits per heavy atom. The minimum absolute atomic E-state index is 0.256. The van der Waals surface area contributed by atoms with E-state index in [0.717, 1.165) is 12.2 Å². The first-order valence-electron chi connectivity index (χ1n) is 2.39. The topological polar surface area (TPSA) is 17.1 Å². The summed E-state index contributed by atoms with van der Waals surface area (Å²) in [5, 5.41) is 0.256. The third kappa shape index (κ3) is 1.51. The smallest absolute Gasteiger partial charge is 0.192 e. The fourth-order valence-corrected chi connectivity index (χ4v) is 1.28. The first kappa shape index (κ1) is 5.16. The summed E-state index contributed by atoms with van der Waals surface area (Å²) >= 11 is 1.42. The predicted octanol–water partition coefficient (Wildman–Crippen LogP) is 1.24. The second kappa shape index (κ2) is 2.36. The summed E-state index contributed by atoms with van der Waals surface area (Å²) in [6, 6.07) is 0. The van der Waals surface area contributed by atoms with Gasteiger partial charge in [-0.1, -0.05) is 11.8 Å². The number of carbonyl (C=O) groups is 1. The summed E-state index contributed by atoms with van der Waals surface area (Å²) < 4.78 is 0. The predicted molar refractivity (Wildman–Crippen MR) is 31.0 cm³/mol. The van der Waals surface area contributed by atoms with E-state index in [1.807, 2.05) is 0 Å². The molecule has 0 unspecified atom stereocenters. The number of rotatable bonds is 0. The Balaban J connectivity index is 2.25. The molecule has 2 heteroatoms. The van der Waals surface area contributed by atoms with Crippen molar-refractivity contribution in [1.82, 2.24) is 0 Å². The zero-order valence-corrected chi connectivity index (χ0v) is 4.83. The van der Waals surface area contributed by atoms with Gasteiger partial charge in [-0.05, 0) is 12.8 Å². The Labute approximate surface area is 47.5 Å². The highest BCUT2D eigenvalue weighted by molar-refractivity contribution is 8.14. The molecule has 1 rings (SSSR count). The normalized spacial score (nSPS) is 22.6. The van der Waals surface area contributed by atoms with E-state index in [1.165, 1.54) is 18.2 Å². The molecule has 1 fully saturated rings. The first-order chi connectivity index (χ1) is 3.39. The van der Waals surface area contributed by atoms with E-state index < -0.39 is 0 Å². The maximum Gasteiger partial charge on any atom is 0.192 e. The molecule has 0 aromatic carbocycles. The molecule has 0 aliphatic carbocycles. The van der Waals surface area contributed by atoms with Crippen LogP contribution in [-0.4, -0.2) is 10.9 Å².